The highest BCUT2D eigenvalue weighted by molar-refractivity contribution is 6.31. The molecule has 21 heavy (non-hydrogen) atoms. The highest BCUT2D eigenvalue weighted by Gasteiger charge is 2.12. The van der Waals surface area contributed by atoms with Crippen molar-refractivity contribution < 1.29 is 9.53 Å². The number of ether oxygens (including phenoxy) is 1. The second-order valence-electron chi connectivity index (χ2n) is 4.68. The predicted molar refractivity (Wildman–Crippen MR) is 84.8 cm³/mol. The summed E-state index contributed by atoms with van der Waals surface area (Å²) in [4.78, 5) is 12.2. The fraction of sp³-hybridized carbons (Fsp3) is 0.188. The Hall–Kier alpha value is -2.20. The number of carbonyl (C=O) groups is 1. The number of halogens is 1. The quantitative estimate of drug-likeness (QED) is 0.853. The molecule has 2 aromatic rings. The molecule has 0 aliphatic carbocycles. The molecule has 2 rings (SSSR count). The van der Waals surface area contributed by atoms with E-state index in [1.807, 2.05) is 13.0 Å². The van der Waals surface area contributed by atoms with Gasteiger partial charge >= 0.3 is 0 Å². The third-order valence-corrected chi connectivity index (χ3v) is 3.57. The maximum atomic E-state index is 12.2. The van der Waals surface area contributed by atoms with Crippen LogP contribution in [-0.4, -0.2) is 13.0 Å². The van der Waals surface area contributed by atoms with Gasteiger partial charge in [-0.05, 0) is 42.8 Å². The highest BCUT2D eigenvalue weighted by atomic mass is 35.5. The summed E-state index contributed by atoms with van der Waals surface area (Å²) in [6.45, 7) is 2.15. The minimum atomic E-state index is -0.172. The van der Waals surface area contributed by atoms with E-state index in [1.54, 1.807) is 37.4 Å². The maximum absolute atomic E-state index is 12.2. The molecule has 1 amide bonds. The second kappa shape index (κ2) is 6.50. The lowest BCUT2D eigenvalue weighted by Gasteiger charge is -2.12. The molecular formula is C16H17ClN2O2. The van der Waals surface area contributed by atoms with Gasteiger partial charge in [0.2, 0.25) is 0 Å². The average molecular weight is 305 g/mol. The van der Waals surface area contributed by atoms with Crippen molar-refractivity contribution in [2.45, 2.75) is 13.5 Å². The van der Waals surface area contributed by atoms with Crippen LogP contribution in [0.4, 0.5) is 5.69 Å². The number of methoxy groups -OCH3 is 1. The maximum Gasteiger partial charge on any atom is 0.251 e. The number of nitrogens with one attached hydrogen (secondary N) is 1. The van der Waals surface area contributed by atoms with Gasteiger partial charge in [0.25, 0.3) is 5.91 Å². The summed E-state index contributed by atoms with van der Waals surface area (Å²) in [5.41, 5.74) is 8.50. The topological polar surface area (TPSA) is 64.3 Å². The Bertz CT molecular complexity index is 671. The van der Waals surface area contributed by atoms with Crippen LogP contribution in [-0.2, 0) is 6.54 Å². The van der Waals surface area contributed by atoms with Crippen LogP contribution < -0.4 is 15.8 Å². The second-order valence-corrected chi connectivity index (χ2v) is 5.08. The van der Waals surface area contributed by atoms with Crippen molar-refractivity contribution in [2.24, 2.45) is 0 Å². The van der Waals surface area contributed by atoms with Crippen molar-refractivity contribution >= 4 is 23.2 Å². The van der Waals surface area contributed by atoms with E-state index in [0.717, 1.165) is 11.1 Å². The molecule has 0 aliphatic rings. The minimum Gasteiger partial charge on any atom is -0.496 e. The lowest BCUT2D eigenvalue weighted by atomic mass is 10.1. The van der Waals surface area contributed by atoms with Gasteiger partial charge in [0.05, 0.1) is 7.11 Å². The van der Waals surface area contributed by atoms with Crippen molar-refractivity contribution in [3.8, 4) is 5.75 Å². The van der Waals surface area contributed by atoms with Crippen molar-refractivity contribution in [3.63, 3.8) is 0 Å². The molecule has 110 valence electrons. The molecule has 0 radical (unpaired) electrons. The van der Waals surface area contributed by atoms with E-state index >= 15 is 0 Å². The van der Waals surface area contributed by atoms with Crippen LogP contribution >= 0.6 is 11.6 Å². The minimum absolute atomic E-state index is 0.172. The van der Waals surface area contributed by atoms with Crippen molar-refractivity contribution in [2.75, 3.05) is 12.8 Å². The molecule has 0 saturated carbocycles. The molecule has 0 spiro atoms. The van der Waals surface area contributed by atoms with Gasteiger partial charge in [-0.1, -0.05) is 17.7 Å². The number of amides is 1. The Morgan fingerprint density at radius 2 is 2.10 bits per heavy atom. The summed E-state index contributed by atoms with van der Waals surface area (Å²) in [5, 5.41) is 3.41. The Labute approximate surface area is 128 Å². The van der Waals surface area contributed by atoms with E-state index in [9.17, 15) is 4.79 Å². The van der Waals surface area contributed by atoms with E-state index in [-0.39, 0.29) is 5.91 Å². The van der Waals surface area contributed by atoms with E-state index in [1.165, 1.54) is 0 Å². The first kappa shape index (κ1) is 15.2. The number of hydrogen-bond donors (Lipinski definition) is 2. The van der Waals surface area contributed by atoms with Crippen LogP contribution in [0.1, 0.15) is 21.5 Å². The first-order chi connectivity index (χ1) is 10.0. The smallest absolute Gasteiger partial charge is 0.251 e. The molecule has 4 nitrogen and oxygen atoms in total. The van der Waals surface area contributed by atoms with Crippen LogP contribution in [0, 0.1) is 6.92 Å². The molecule has 0 atom stereocenters. The van der Waals surface area contributed by atoms with E-state index in [4.69, 9.17) is 22.1 Å². The first-order valence-corrected chi connectivity index (χ1v) is 6.86. The Morgan fingerprint density at radius 3 is 2.76 bits per heavy atom. The third-order valence-electron chi connectivity index (χ3n) is 3.22. The molecule has 0 saturated heterocycles. The Morgan fingerprint density at radius 1 is 1.33 bits per heavy atom. The molecule has 2 aromatic carbocycles. The van der Waals surface area contributed by atoms with Crippen molar-refractivity contribution in [3.05, 3.63) is 58.1 Å². The van der Waals surface area contributed by atoms with Crippen LogP contribution in [0.25, 0.3) is 0 Å². The zero-order valence-corrected chi connectivity index (χ0v) is 12.7. The van der Waals surface area contributed by atoms with Gasteiger partial charge in [-0.2, -0.15) is 0 Å². The molecule has 0 aromatic heterocycles. The summed E-state index contributed by atoms with van der Waals surface area (Å²) < 4.78 is 5.25. The molecule has 0 bridgehead atoms. The molecular weight excluding hydrogens is 288 g/mol. The number of benzene rings is 2. The van der Waals surface area contributed by atoms with Gasteiger partial charge in [-0.3, -0.25) is 4.79 Å². The number of rotatable bonds is 4. The molecule has 3 N–H and O–H groups in total. The molecule has 5 heteroatoms. The van der Waals surface area contributed by atoms with Crippen LogP contribution in [0.3, 0.4) is 0 Å². The number of hydrogen-bond acceptors (Lipinski definition) is 3. The predicted octanol–water partition coefficient (Wildman–Crippen LogP) is 3.17. The monoisotopic (exact) mass is 304 g/mol. The number of anilines is 1. The Kier molecular flexibility index (Phi) is 4.70. The van der Waals surface area contributed by atoms with Crippen molar-refractivity contribution in [1.29, 1.82) is 0 Å². The lowest BCUT2D eigenvalue weighted by molar-refractivity contribution is 0.0950. The molecule has 0 heterocycles. The van der Waals surface area contributed by atoms with Gasteiger partial charge in [-0.25, -0.2) is 0 Å². The zero-order chi connectivity index (χ0) is 15.4. The summed E-state index contributed by atoms with van der Waals surface area (Å²) in [6.07, 6.45) is 0. The summed E-state index contributed by atoms with van der Waals surface area (Å²) >= 11 is 6.14. The number of aryl methyl sites for hydroxylation is 1. The SMILES string of the molecule is COc1cccc(Cl)c1CNC(=O)c1ccc(N)cc1C. The standard InChI is InChI=1S/C16H17ClN2O2/c1-10-8-11(18)6-7-12(10)16(20)19-9-13-14(17)4-3-5-15(13)21-2/h3-8H,9,18H2,1-2H3,(H,19,20). The zero-order valence-electron chi connectivity index (χ0n) is 11.9. The van der Waals surface area contributed by atoms with Gasteiger partial charge in [0.1, 0.15) is 5.75 Å². The first-order valence-electron chi connectivity index (χ1n) is 6.48. The highest BCUT2D eigenvalue weighted by Crippen LogP contribution is 2.26. The van der Waals surface area contributed by atoms with E-state index in [0.29, 0.717) is 28.6 Å². The number of nitrogens with two attached hydrogens (primary N) is 1. The van der Waals surface area contributed by atoms with Crippen LogP contribution in [0.2, 0.25) is 5.02 Å². The van der Waals surface area contributed by atoms with Gasteiger partial charge in [-0.15, -0.1) is 0 Å². The van der Waals surface area contributed by atoms with Crippen molar-refractivity contribution in [1.82, 2.24) is 5.32 Å². The largest absolute Gasteiger partial charge is 0.496 e. The lowest BCUT2D eigenvalue weighted by Crippen LogP contribution is -2.24. The fourth-order valence-electron chi connectivity index (χ4n) is 2.11. The van der Waals surface area contributed by atoms with E-state index in [2.05, 4.69) is 5.32 Å². The summed E-state index contributed by atoms with van der Waals surface area (Å²) in [5.74, 6) is 0.478. The Balaban J connectivity index is 2.15. The molecule has 0 aliphatic heterocycles. The van der Waals surface area contributed by atoms with Gasteiger partial charge in [0, 0.05) is 28.4 Å². The number of carbonyl (C=O) groups excluding carboxylic acids is 1. The van der Waals surface area contributed by atoms with Gasteiger partial charge in [0.15, 0.2) is 0 Å². The molecule has 0 unspecified atom stereocenters. The van der Waals surface area contributed by atoms with Gasteiger partial charge < -0.3 is 15.8 Å². The van der Waals surface area contributed by atoms with E-state index < -0.39 is 0 Å². The number of nitrogen functional groups attached to an aromatic ring is 1. The molecule has 0 fully saturated rings. The van der Waals surface area contributed by atoms with Crippen LogP contribution in [0.15, 0.2) is 36.4 Å². The fourth-order valence-corrected chi connectivity index (χ4v) is 2.34. The third kappa shape index (κ3) is 3.47. The normalized spacial score (nSPS) is 10.2. The average Bonchev–Trinajstić information content (AvgIpc) is 2.45. The van der Waals surface area contributed by atoms with Crippen LogP contribution in [0.5, 0.6) is 5.75 Å². The summed E-state index contributed by atoms with van der Waals surface area (Å²) in [7, 11) is 1.57. The summed E-state index contributed by atoms with van der Waals surface area (Å²) in [6, 6.07) is 10.6.